The van der Waals surface area contributed by atoms with E-state index in [1.165, 1.54) is 0 Å². The highest BCUT2D eigenvalue weighted by molar-refractivity contribution is 5.94. The first-order valence-electron chi connectivity index (χ1n) is 12.2. The third-order valence-electron chi connectivity index (χ3n) is 5.88. The van der Waals surface area contributed by atoms with Gasteiger partial charge >= 0.3 is 5.97 Å². The van der Waals surface area contributed by atoms with E-state index in [1.807, 2.05) is 44.3 Å². The molecule has 0 fully saturated rings. The first kappa shape index (κ1) is 27.9. The summed E-state index contributed by atoms with van der Waals surface area (Å²) in [6.45, 7) is 9.69. The third-order valence-corrected chi connectivity index (χ3v) is 5.88. The predicted octanol–water partition coefficient (Wildman–Crippen LogP) is 2.61. The van der Waals surface area contributed by atoms with Crippen molar-refractivity contribution in [1.29, 1.82) is 0 Å². The van der Waals surface area contributed by atoms with E-state index in [-0.39, 0.29) is 23.7 Å². The van der Waals surface area contributed by atoms with Crippen molar-refractivity contribution in [2.75, 3.05) is 6.54 Å². The fourth-order valence-corrected chi connectivity index (χ4v) is 4.17. The maximum atomic E-state index is 13.4. The van der Waals surface area contributed by atoms with E-state index in [0.717, 1.165) is 16.5 Å². The van der Waals surface area contributed by atoms with Gasteiger partial charge in [0.15, 0.2) is 0 Å². The van der Waals surface area contributed by atoms with Gasteiger partial charge in [0.25, 0.3) is 0 Å². The molecule has 9 nitrogen and oxygen atoms in total. The van der Waals surface area contributed by atoms with Crippen molar-refractivity contribution in [3.05, 3.63) is 36.0 Å². The van der Waals surface area contributed by atoms with E-state index in [1.54, 1.807) is 20.8 Å². The number of aromatic nitrogens is 1. The summed E-state index contributed by atoms with van der Waals surface area (Å²) >= 11 is 0. The lowest BCUT2D eigenvalue weighted by atomic mass is 9.89. The number of likely N-dealkylation sites (N-methyl/N-ethyl adjacent to an activating group) is 1. The number of carboxylic acid groups (broad SMARTS) is 1. The summed E-state index contributed by atoms with van der Waals surface area (Å²) in [5.74, 6) is -2.98. The van der Waals surface area contributed by atoms with E-state index in [9.17, 15) is 19.2 Å². The molecule has 35 heavy (non-hydrogen) atoms. The van der Waals surface area contributed by atoms with E-state index in [4.69, 9.17) is 5.11 Å². The van der Waals surface area contributed by atoms with Gasteiger partial charge < -0.3 is 26.0 Å². The molecule has 0 bridgehead atoms. The molecule has 1 aromatic heterocycles. The summed E-state index contributed by atoms with van der Waals surface area (Å²) in [5.41, 5.74) is 2.03. The molecule has 3 atom stereocenters. The highest BCUT2D eigenvalue weighted by Crippen LogP contribution is 2.24. The van der Waals surface area contributed by atoms with Crippen LogP contribution in [0.3, 0.4) is 0 Å². The fourth-order valence-electron chi connectivity index (χ4n) is 4.17. The Kier molecular flexibility index (Phi) is 10.3. The minimum atomic E-state index is -1.23. The first-order chi connectivity index (χ1) is 16.5. The molecule has 0 aliphatic rings. The number of benzene rings is 1. The Balaban J connectivity index is 2.19. The molecule has 0 aliphatic carbocycles. The Morgan fingerprint density at radius 2 is 1.66 bits per heavy atom. The van der Waals surface area contributed by atoms with Crippen molar-refractivity contribution in [2.24, 2.45) is 17.8 Å². The zero-order valence-electron chi connectivity index (χ0n) is 21.2. The van der Waals surface area contributed by atoms with Gasteiger partial charge in [-0.2, -0.15) is 0 Å². The molecular formula is C26H38N4O5. The minimum absolute atomic E-state index is 0.245. The van der Waals surface area contributed by atoms with E-state index < -0.39 is 36.3 Å². The number of carbonyl (C=O) groups is 4. The van der Waals surface area contributed by atoms with Gasteiger partial charge in [-0.05, 0) is 43.2 Å². The van der Waals surface area contributed by atoms with Crippen molar-refractivity contribution in [3.63, 3.8) is 0 Å². The van der Waals surface area contributed by atoms with Crippen LogP contribution in [-0.2, 0) is 25.6 Å². The van der Waals surface area contributed by atoms with Crippen LogP contribution in [0.1, 0.15) is 53.0 Å². The summed E-state index contributed by atoms with van der Waals surface area (Å²) in [6, 6.07) is 5.77. The van der Waals surface area contributed by atoms with Crippen LogP contribution in [0.2, 0.25) is 0 Å². The molecule has 0 unspecified atom stereocenters. The number of amides is 3. The minimum Gasteiger partial charge on any atom is -0.481 e. The highest BCUT2D eigenvalue weighted by Gasteiger charge is 2.32. The standard InChI is InChI=1S/C26H38N4O5/c1-6-27-25(34)21(13-22(31)32)29-26(35)23(16(4)5)30-24(33)17(11-15(2)3)12-18-14-28-20-10-8-7-9-19(18)20/h7-10,14-17,21,23,28H,6,11-13H2,1-5H3,(H,27,34)(H,29,35)(H,30,33)(H,31,32)/t17-,21-,23-/m0/s1. The second-order valence-corrected chi connectivity index (χ2v) is 9.67. The summed E-state index contributed by atoms with van der Waals surface area (Å²) < 4.78 is 0. The van der Waals surface area contributed by atoms with Crippen LogP contribution < -0.4 is 16.0 Å². The number of rotatable bonds is 13. The largest absolute Gasteiger partial charge is 0.481 e. The summed E-state index contributed by atoms with van der Waals surface area (Å²) in [6.07, 6.45) is 2.52. The molecular weight excluding hydrogens is 448 g/mol. The molecule has 2 rings (SSSR count). The molecule has 5 N–H and O–H groups in total. The van der Waals surface area contributed by atoms with Crippen LogP contribution >= 0.6 is 0 Å². The summed E-state index contributed by atoms with van der Waals surface area (Å²) in [4.78, 5) is 53.2. The van der Waals surface area contributed by atoms with Gasteiger partial charge in [-0.1, -0.05) is 45.9 Å². The van der Waals surface area contributed by atoms with E-state index in [2.05, 4.69) is 20.9 Å². The number of carboxylic acids is 1. The lowest BCUT2D eigenvalue weighted by Crippen LogP contribution is -2.56. The number of hydrogen-bond donors (Lipinski definition) is 5. The number of carbonyl (C=O) groups excluding carboxylic acids is 3. The number of hydrogen-bond acceptors (Lipinski definition) is 4. The van der Waals surface area contributed by atoms with Gasteiger partial charge in [-0.15, -0.1) is 0 Å². The maximum absolute atomic E-state index is 13.4. The topological polar surface area (TPSA) is 140 Å². The highest BCUT2D eigenvalue weighted by atomic mass is 16.4. The molecule has 192 valence electrons. The number of nitrogens with one attached hydrogen (secondary N) is 4. The molecule has 1 heterocycles. The fraction of sp³-hybridized carbons (Fsp3) is 0.538. The Morgan fingerprint density at radius 1 is 0.971 bits per heavy atom. The predicted molar refractivity (Wildman–Crippen MR) is 135 cm³/mol. The molecule has 0 saturated heterocycles. The molecule has 0 aliphatic heterocycles. The summed E-state index contributed by atoms with van der Waals surface area (Å²) in [5, 5.41) is 18.1. The van der Waals surface area contributed by atoms with Gasteiger partial charge in [-0.25, -0.2) is 0 Å². The Morgan fingerprint density at radius 3 is 2.26 bits per heavy atom. The van der Waals surface area contributed by atoms with E-state index in [0.29, 0.717) is 19.4 Å². The van der Waals surface area contributed by atoms with Crippen LogP contribution in [0.25, 0.3) is 10.9 Å². The quantitative estimate of drug-likeness (QED) is 0.296. The average Bonchev–Trinajstić information content (AvgIpc) is 3.18. The van der Waals surface area contributed by atoms with Crippen molar-refractivity contribution in [1.82, 2.24) is 20.9 Å². The summed E-state index contributed by atoms with van der Waals surface area (Å²) in [7, 11) is 0. The van der Waals surface area contributed by atoms with Crippen molar-refractivity contribution >= 4 is 34.6 Å². The maximum Gasteiger partial charge on any atom is 0.305 e. The van der Waals surface area contributed by atoms with Crippen LogP contribution in [0.4, 0.5) is 0 Å². The van der Waals surface area contributed by atoms with Gasteiger partial charge in [0.1, 0.15) is 12.1 Å². The van der Waals surface area contributed by atoms with Gasteiger partial charge in [-0.3, -0.25) is 19.2 Å². The Hall–Kier alpha value is -3.36. The Labute approximate surface area is 206 Å². The first-order valence-corrected chi connectivity index (χ1v) is 12.2. The monoisotopic (exact) mass is 486 g/mol. The zero-order chi connectivity index (χ0) is 26.1. The van der Waals surface area contributed by atoms with Gasteiger partial charge in [0, 0.05) is 29.6 Å². The number of para-hydroxylation sites is 1. The smallest absolute Gasteiger partial charge is 0.305 e. The second kappa shape index (κ2) is 12.9. The van der Waals surface area contributed by atoms with Crippen LogP contribution in [0.5, 0.6) is 0 Å². The van der Waals surface area contributed by atoms with Gasteiger partial charge in [0.05, 0.1) is 6.42 Å². The van der Waals surface area contributed by atoms with Crippen molar-refractivity contribution < 1.29 is 24.3 Å². The second-order valence-electron chi connectivity index (χ2n) is 9.67. The number of H-pyrrole nitrogens is 1. The average molecular weight is 487 g/mol. The molecule has 2 aromatic rings. The lowest BCUT2D eigenvalue weighted by Gasteiger charge is -2.27. The molecule has 3 amide bonds. The van der Waals surface area contributed by atoms with Crippen molar-refractivity contribution in [3.8, 4) is 0 Å². The van der Waals surface area contributed by atoms with Crippen LogP contribution in [0, 0.1) is 17.8 Å². The normalized spacial score (nSPS) is 13.9. The molecule has 9 heteroatoms. The van der Waals surface area contributed by atoms with Gasteiger partial charge in [0.2, 0.25) is 17.7 Å². The number of fused-ring (bicyclic) bond motifs is 1. The third kappa shape index (κ3) is 8.12. The van der Waals surface area contributed by atoms with Crippen LogP contribution in [-0.4, -0.2) is 52.4 Å². The molecule has 0 saturated carbocycles. The molecule has 1 aromatic carbocycles. The van der Waals surface area contributed by atoms with Crippen LogP contribution in [0.15, 0.2) is 30.5 Å². The van der Waals surface area contributed by atoms with E-state index >= 15 is 0 Å². The number of aliphatic carboxylic acids is 1. The SMILES string of the molecule is CCNC(=O)[C@H](CC(=O)O)NC(=O)[C@@H](NC(=O)[C@H](Cc1c[nH]c2ccccc12)CC(C)C)C(C)C. The number of aromatic amines is 1. The Bertz CT molecular complexity index is 1030. The lowest BCUT2D eigenvalue weighted by molar-refractivity contribution is -0.141. The zero-order valence-corrected chi connectivity index (χ0v) is 21.2. The van der Waals surface area contributed by atoms with Crippen molar-refractivity contribution in [2.45, 2.75) is 66.0 Å². The molecule has 0 spiro atoms. The molecule has 0 radical (unpaired) electrons.